The van der Waals surface area contributed by atoms with Crippen molar-refractivity contribution in [1.82, 2.24) is 20.2 Å². The van der Waals surface area contributed by atoms with Gasteiger partial charge in [0.2, 0.25) is 0 Å². The number of aromatic amines is 1. The number of carbonyl (C=O) groups is 2. The third-order valence-corrected chi connectivity index (χ3v) is 3.74. The Morgan fingerprint density at radius 3 is 2.80 bits per heavy atom. The van der Waals surface area contributed by atoms with Gasteiger partial charge in [0, 0.05) is 43.0 Å². The minimum Gasteiger partial charge on any atom is -0.359 e. The molecule has 0 unspecified atom stereocenters. The van der Waals surface area contributed by atoms with E-state index in [0.29, 0.717) is 11.3 Å². The average molecular weight is 337 g/mol. The van der Waals surface area contributed by atoms with Crippen molar-refractivity contribution in [2.75, 3.05) is 19.4 Å². The molecule has 2 heterocycles. The fraction of sp³-hybridized carbons (Fsp3) is 0.167. The van der Waals surface area contributed by atoms with Gasteiger partial charge in [0.25, 0.3) is 5.91 Å². The molecule has 3 aromatic rings. The Hall–Kier alpha value is -3.35. The predicted molar refractivity (Wildman–Crippen MR) is 96.4 cm³/mol. The number of para-hydroxylation sites is 1. The monoisotopic (exact) mass is 337 g/mol. The van der Waals surface area contributed by atoms with E-state index in [1.165, 1.54) is 4.90 Å². The SMILES string of the molecule is CN(C)C(=O)NCc1cc(C(=O)Nc2c[nH]c3ccccc23)ccn1. The van der Waals surface area contributed by atoms with Gasteiger partial charge in [-0.15, -0.1) is 0 Å². The predicted octanol–water partition coefficient (Wildman–Crippen LogP) is 2.59. The number of rotatable bonds is 4. The Bertz CT molecular complexity index is 916. The number of aromatic nitrogens is 2. The van der Waals surface area contributed by atoms with Crippen LogP contribution in [0.4, 0.5) is 10.5 Å². The lowest BCUT2D eigenvalue weighted by Gasteiger charge is -2.12. The van der Waals surface area contributed by atoms with Crippen LogP contribution in [0.5, 0.6) is 0 Å². The fourth-order valence-corrected chi connectivity index (χ4v) is 2.41. The van der Waals surface area contributed by atoms with Crippen LogP contribution in [0.2, 0.25) is 0 Å². The molecule has 1 aromatic carbocycles. The molecule has 0 spiro atoms. The summed E-state index contributed by atoms with van der Waals surface area (Å²) in [7, 11) is 3.32. The number of nitrogens with one attached hydrogen (secondary N) is 3. The molecule has 0 bridgehead atoms. The van der Waals surface area contributed by atoms with Gasteiger partial charge in [-0.1, -0.05) is 18.2 Å². The van der Waals surface area contributed by atoms with Crippen LogP contribution < -0.4 is 10.6 Å². The van der Waals surface area contributed by atoms with Gasteiger partial charge in [0.05, 0.1) is 17.9 Å². The van der Waals surface area contributed by atoms with Crippen LogP contribution in [-0.4, -0.2) is 40.9 Å². The highest BCUT2D eigenvalue weighted by molar-refractivity contribution is 6.08. The first-order valence-corrected chi connectivity index (χ1v) is 7.82. The minimum absolute atomic E-state index is 0.213. The summed E-state index contributed by atoms with van der Waals surface area (Å²) in [6.07, 6.45) is 3.32. The summed E-state index contributed by atoms with van der Waals surface area (Å²) in [4.78, 5) is 32.8. The molecule has 7 heteroatoms. The number of nitrogens with zero attached hydrogens (tertiary/aromatic N) is 2. The Kier molecular flexibility index (Phi) is 4.65. The van der Waals surface area contributed by atoms with Crippen LogP contribution in [0.25, 0.3) is 10.9 Å². The maximum Gasteiger partial charge on any atom is 0.317 e. The van der Waals surface area contributed by atoms with Crippen LogP contribution in [0.15, 0.2) is 48.8 Å². The molecule has 0 aliphatic heterocycles. The second kappa shape index (κ2) is 7.04. The maximum absolute atomic E-state index is 12.5. The molecular formula is C18H19N5O2. The van der Waals surface area contributed by atoms with E-state index in [4.69, 9.17) is 0 Å². The van der Waals surface area contributed by atoms with Crippen molar-refractivity contribution in [1.29, 1.82) is 0 Å². The number of fused-ring (bicyclic) bond motifs is 1. The summed E-state index contributed by atoms with van der Waals surface area (Å²) in [6, 6.07) is 10.8. The van der Waals surface area contributed by atoms with E-state index < -0.39 is 0 Å². The number of urea groups is 1. The van der Waals surface area contributed by atoms with E-state index in [9.17, 15) is 9.59 Å². The zero-order valence-electron chi connectivity index (χ0n) is 14.0. The highest BCUT2D eigenvalue weighted by Crippen LogP contribution is 2.23. The molecule has 0 aliphatic carbocycles. The van der Waals surface area contributed by atoms with Gasteiger partial charge in [-0.3, -0.25) is 9.78 Å². The molecule has 0 saturated carbocycles. The topological polar surface area (TPSA) is 90.1 Å². The van der Waals surface area contributed by atoms with E-state index in [2.05, 4.69) is 20.6 Å². The number of anilines is 1. The van der Waals surface area contributed by atoms with Crippen molar-refractivity contribution in [2.24, 2.45) is 0 Å². The highest BCUT2D eigenvalue weighted by atomic mass is 16.2. The number of hydrogen-bond acceptors (Lipinski definition) is 3. The Labute approximate surface area is 145 Å². The van der Waals surface area contributed by atoms with Gasteiger partial charge >= 0.3 is 6.03 Å². The first-order valence-electron chi connectivity index (χ1n) is 7.82. The van der Waals surface area contributed by atoms with E-state index in [0.717, 1.165) is 16.6 Å². The first-order chi connectivity index (χ1) is 12.0. The first kappa shape index (κ1) is 16.5. The third-order valence-electron chi connectivity index (χ3n) is 3.74. The standard InChI is InChI=1S/C18H19N5O2/c1-23(2)18(25)21-10-13-9-12(7-8-19-13)17(24)22-16-11-20-15-6-4-3-5-14(15)16/h3-9,11,20H,10H2,1-2H3,(H,21,25)(H,22,24). The zero-order chi connectivity index (χ0) is 17.8. The van der Waals surface area contributed by atoms with Crippen LogP contribution in [0.3, 0.4) is 0 Å². The molecule has 2 aromatic heterocycles. The number of H-pyrrole nitrogens is 1. The second-order valence-electron chi connectivity index (χ2n) is 5.79. The lowest BCUT2D eigenvalue weighted by Crippen LogP contribution is -2.34. The summed E-state index contributed by atoms with van der Waals surface area (Å²) in [5.41, 5.74) is 2.77. The molecule has 0 atom stereocenters. The lowest BCUT2D eigenvalue weighted by molar-refractivity contribution is 0.102. The van der Waals surface area contributed by atoms with Crippen molar-refractivity contribution < 1.29 is 9.59 Å². The molecule has 3 amide bonds. The molecule has 0 fully saturated rings. The molecule has 128 valence electrons. The second-order valence-corrected chi connectivity index (χ2v) is 5.79. The minimum atomic E-state index is -0.229. The van der Waals surface area contributed by atoms with Crippen molar-refractivity contribution >= 4 is 28.5 Å². The van der Waals surface area contributed by atoms with E-state index in [1.54, 1.807) is 38.6 Å². The van der Waals surface area contributed by atoms with Crippen molar-refractivity contribution in [3.8, 4) is 0 Å². The summed E-state index contributed by atoms with van der Waals surface area (Å²) < 4.78 is 0. The molecule has 3 rings (SSSR count). The van der Waals surface area contributed by atoms with Gasteiger partial charge in [-0.2, -0.15) is 0 Å². The molecule has 25 heavy (non-hydrogen) atoms. The Morgan fingerprint density at radius 1 is 1.20 bits per heavy atom. The van der Waals surface area contributed by atoms with Crippen LogP contribution in [0.1, 0.15) is 16.1 Å². The largest absolute Gasteiger partial charge is 0.359 e. The number of benzene rings is 1. The number of carbonyl (C=O) groups excluding carboxylic acids is 2. The van der Waals surface area contributed by atoms with Gasteiger partial charge in [0.1, 0.15) is 0 Å². The molecule has 7 nitrogen and oxygen atoms in total. The van der Waals surface area contributed by atoms with E-state index in [1.807, 2.05) is 24.3 Å². The maximum atomic E-state index is 12.5. The summed E-state index contributed by atoms with van der Waals surface area (Å²) >= 11 is 0. The molecule has 0 aliphatic rings. The average Bonchev–Trinajstić information content (AvgIpc) is 3.03. The number of pyridine rings is 1. The van der Waals surface area contributed by atoms with Crippen molar-refractivity contribution in [3.63, 3.8) is 0 Å². The molecule has 3 N–H and O–H groups in total. The van der Waals surface area contributed by atoms with Crippen LogP contribution in [0, 0.1) is 0 Å². The van der Waals surface area contributed by atoms with Crippen molar-refractivity contribution in [3.05, 3.63) is 60.0 Å². The molecular weight excluding hydrogens is 318 g/mol. The van der Waals surface area contributed by atoms with E-state index >= 15 is 0 Å². The fourth-order valence-electron chi connectivity index (χ4n) is 2.41. The smallest absolute Gasteiger partial charge is 0.317 e. The van der Waals surface area contributed by atoms with Gasteiger partial charge in [-0.25, -0.2) is 4.79 Å². The quantitative estimate of drug-likeness (QED) is 0.683. The third kappa shape index (κ3) is 3.77. The highest BCUT2D eigenvalue weighted by Gasteiger charge is 2.11. The number of hydrogen-bond donors (Lipinski definition) is 3. The lowest BCUT2D eigenvalue weighted by atomic mass is 10.2. The summed E-state index contributed by atoms with van der Waals surface area (Å²) in [6.45, 7) is 0.255. The number of amides is 3. The van der Waals surface area contributed by atoms with Crippen LogP contribution in [-0.2, 0) is 6.54 Å². The van der Waals surface area contributed by atoms with E-state index in [-0.39, 0.29) is 18.5 Å². The van der Waals surface area contributed by atoms with Gasteiger partial charge in [0.15, 0.2) is 0 Å². The summed E-state index contributed by atoms with van der Waals surface area (Å²) in [5, 5.41) is 6.57. The Balaban J connectivity index is 1.72. The van der Waals surface area contributed by atoms with Crippen LogP contribution >= 0.6 is 0 Å². The molecule has 0 radical (unpaired) electrons. The molecule has 0 saturated heterocycles. The van der Waals surface area contributed by atoms with Crippen molar-refractivity contribution in [2.45, 2.75) is 6.54 Å². The van der Waals surface area contributed by atoms with Gasteiger partial charge < -0.3 is 20.5 Å². The zero-order valence-corrected chi connectivity index (χ0v) is 14.0. The summed E-state index contributed by atoms with van der Waals surface area (Å²) in [5.74, 6) is -0.229. The Morgan fingerprint density at radius 2 is 2.00 bits per heavy atom. The normalized spacial score (nSPS) is 10.5. The van der Waals surface area contributed by atoms with Gasteiger partial charge in [-0.05, 0) is 18.2 Å².